The zero-order valence-corrected chi connectivity index (χ0v) is 19.9. The van der Waals surface area contributed by atoms with Gasteiger partial charge in [0.2, 0.25) is 0 Å². The van der Waals surface area contributed by atoms with Gasteiger partial charge >= 0.3 is 0 Å². The largest absolute Gasteiger partial charge is 0.385 e. The first-order valence-corrected chi connectivity index (χ1v) is 10.1. The van der Waals surface area contributed by atoms with E-state index in [0.29, 0.717) is 5.41 Å². The third-order valence-corrected chi connectivity index (χ3v) is 6.31. The van der Waals surface area contributed by atoms with Gasteiger partial charge in [-0.3, -0.25) is 9.89 Å². The molecule has 0 aromatic heterocycles. The lowest BCUT2D eigenvalue weighted by Crippen LogP contribution is -2.56. The maximum Gasteiger partial charge on any atom is 0.191 e. The van der Waals surface area contributed by atoms with E-state index in [1.165, 1.54) is 45.2 Å². The molecule has 0 amide bonds. The molecule has 1 heterocycles. The molecule has 2 rings (SSSR count). The second-order valence-corrected chi connectivity index (χ2v) is 8.88. The first-order valence-electron chi connectivity index (χ1n) is 10.1. The molecule has 0 bridgehead atoms. The minimum absolute atomic E-state index is 0. The van der Waals surface area contributed by atoms with Crippen LogP contribution in [0, 0.1) is 11.3 Å². The van der Waals surface area contributed by atoms with Gasteiger partial charge in [0.05, 0.1) is 0 Å². The summed E-state index contributed by atoms with van der Waals surface area (Å²) in [5, 5.41) is 7.13. The highest BCUT2D eigenvalue weighted by Gasteiger charge is 2.36. The Morgan fingerprint density at radius 2 is 2.00 bits per heavy atom. The van der Waals surface area contributed by atoms with Gasteiger partial charge in [0, 0.05) is 45.9 Å². The highest BCUT2D eigenvalue weighted by molar-refractivity contribution is 14.0. The Morgan fingerprint density at radius 3 is 2.54 bits per heavy atom. The summed E-state index contributed by atoms with van der Waals surface area (Å²) in [6.45, 7) is 12.3. The Hall–Kier alpha value is -0.0800. The predicted octanol–water partition coefficient (Wildman–Crippen LogP) is 3.49. The van der Waals surface area contributed by atoms with Crippen molar-refractivity contribution in [3.05, 3.63) is 0 Å². The lowest BCUT2D eigenvalue weighted by atomic mass is 9.67. The van der Waals surface area contributed by atoms with Crippen LogP contribution in [0.3, 0.4) is 0 Å². The number of ether oxygens (including phenoxy) is 1. The van der Waals surface area contributed by atoms with Crippen LogP contribution in [0.1, 0.15) is 59.3 Å². The van der Waals surface area contributed by atoms with Crippen LogP contribution in [0.25, 0.3) is 0 Å². The van der Waals surface area contributed by atoms with Gasteiger partial charge in [0.1, 0.15) is 0 Å². The van der Waals surface area contributed by atoms with E-state index in [1.54, 1.807) is 7.11 Å². The van der Waals surface area contributed by atoms with Crippen LogP contribution in [-0.2, 0) is 4.74 Å². The van der Waals surface area contributed by atoms with Gasteiger partial charge in [-0.05, 0) is 63.8 Å². The van der Waals surface area contributed by atoms with E-state index >= 15 is 0 Å². The van der Waals surface area contributed by atoms with Gasteiger partial charge in [-0.25, -0.2) is 0 Å². The van der Waals surface area contributed by atoms with Crippen molar-refractivity contribution in [1.82, 2.24) is 15.5 Å². The second kappa shape index (κ2) is 11.1. The third-order valence-electron chi connectivity index (χ3n) is 6.31. The number of methoxy groups -OCH3 is 1. The fourth-order valence-corrected chi connectivity index (χ4v) is 4.15. The minimum Gasteiger partial charge on any atom is -0.385 e. The molecule has 0 aromatic carbocycles. The highest BCUT2D eigenvalue weighted by Crippen LogP contribution is 2.43. The second-order valence-electron chi connectivity index (χ2n) is 8.88. The first kappa shape index (κ1) is 24.0. The van der Waals surface area contributed by atoms with Gasteiger partial charge in [0.15, 0.2) is 5.96 Å². The van der Waals surface area contributed by atoms with Gasteiger partial charge in [0.25, 0.3) is 0 Å². The molecule has 2 fully saturated rings. The number of aliphatic imine (C=N–C) groups is 1. The number of piperidine rings is 1. The lowest BCUT2D eigenvalue weighted by Gasteiger charge is -2.44. The summed E-state index contributed by atoms with van der Waals surface area (Å²) in [7, 11) is 3.66. The van der Waals surface area contributed by atoms with Crippen LogP contribution in [-0.4, -0.2) is 63.3 Å². The van der Waals surface area contributed by atoms with Crippen LogP contribution >= 0.6 is 24.0 Å². The monoisotopic (exact) mass is 480 g/mol. The molecular formula is C20H41IN4O. The molecule has 2 aliphatic rings. The van der Waals surface area contributed by atoms with Crippen molar-refractivity contribution in [3.8, 4) is 0 Å². The summed E-state index contributed by atoms with van der Waals surface area (Å²) in [5.74, 6) is 1.74. The quantitative estimate of drug-likeness (QED) is 0.317. The summed E-state index contributed by atoms with van der Waals surface area (Å²) < 4.78 is 5.30. The summed E-state index contributed by atoms with van der Waals surface area (Å²) >= 11 is 0. The summed E-state index contributed by atoms with van der Waals surface area (Å²) in [6, 6.07) is 0. The van der Waals surface area contributed by atoms with Crippen molar-refractivity contribution in [2.75, 3.05) is 46.9 Å². The summed E-state index contributed by atoms with van der Waals surface area (Å²) in [4.78, 5) is 7.07. The summed E-state index contributed by atoms with van der Waals surface area (Å²) in [5.41, 5.74) is 0.557. The lowest BCUT2D eigenvalue weighted by molar-refractivity contribution is 0.0708. The number of halogens is 1. The van der Waals surface area contributed by atoms with E-state index in [0.717, 1.165) is 38.0 Å². The van der Waals surface area contributed by atoms with Crippen molar-refractivity contribution < 1.29 is 4.74 Å². The minimum atomic E-state index is 0. The van der Waals surface area contributed by atoms with E-state index in [1.807, 2.05) is 7.05 Å². The van der Waals surface area contributed by atoms with Gasteiger partial charge in [-0.15, -0.1) is 24.0 Å². The van der Waals surface area contributed by atoms with Gasteiger partial charge < -0.3 is 15.4 Å². The molecule has 0 spiro atoms. The molecule has 1 unspecified atom stereocenters. The van der Waals surface area contributed by atoms with Crippen molar-refractivity contribution >= 4 is 29.9 Å². The molecule has 2 N–H and O–H groups in total. The highest BCUT2D eigenvalue weighted by atomic mass is 127. The summed E-state index contributed by atoms with van der Waals surface area (Å²) in [6.07, 6.45) is 7.78. The average molecular weight is 480 g/mol. The van der Waals surface area contributed by atoms with Crippen LogP contribution in [0.4, 0.5) is 0 Å². The maximum atomic E-state index is 5.30. The SMILES string of the molecule is CN=C(NCC1(CCOC)CCC1)NCC(C)(C)N1CCCC(C)C1.I. The van der Waals surface area contributed by atoms with Crippen molar-refractivity contribution in [2.24, 2.45) is 16.3 Å². The molecule has 0 radical (unpaired) electrons. The molecule has 1 aliphatic carbocycles. The van der Waals surface area contributed by atoms with Crippen molar-refractivity contribution in [2.45, 2.75) is 64.8 Å². The number of guanidine groups is 1. The standard InChI is InChI=1S/C20H40N4O.HI/c1-17-8-6-12-24(14-17)19(2,3)15-22-18(21-4)23-16-20(9-7-10-20)11-13-25-5;/h17H,6-16H2,1-5H3,(H2,21,22,23);1H. The average Bonchev–Trinajstić information content (AvgIpc) is 2.56. The third kappa shape index (κ3) is 6.82. The Bertz CT molecular complexity index is 438. The van der Waals surface area contributed by atoms with Gasteiger partial charge in [-0.1, -0.05) is 13.3 Å². The van der Waals surface area contributed by atoms with Crippen molar-refractivity contribution in [3.63, 3.8) is 0 Å². The first-order chi connectivity index (χ1) is 11.9. The Labute approximate surface area is 178 Å². The van der Waals surface area contributed by atoms with Crippen LogP contribution < -0.4 is 10.6 Å². The molecule has 1 saturated carbocycles. The number of rotatable bonds is 8. The molecule has 26 heavy (non-hydrogen) atoms. The van der Waals surface area contributed by atoms with E-state index < -0.39 is 0 Å². The Balaban J connectivity index is 0.00000338. The van der Waals surface area contributed by atoms with Crippen molar-refractivity contribution in [1.29, 1.82) is 0 Å². The number of hydrogen-bond acceptors (Lipinski definition) is 3. The molecule has 5 nitrogen and oxygen atoms in total. The van der Waals surface area contributed by atoms with E-state index in [2.05, 4.69) is 41.3 Å². The van der Waals surface area contributed by atoms with E-state index in [9.17, 15) is 0 Å². The fourth-order valence-electron chi connectivity index (χ4n) is 4.15. The number of nitrogens with one attached hydrogen (secondary N) is 2. The van der Waals surface area contributed by atoms with E-state index in [4.69, 9.17) is 4.74 Å². The normalized spacial score (nSPS) is 23.7. The molecule has 1 saturated heterocycles. The molecule has 6 heteroatoms. The molecular weight excluding hydrogens is 439 g/mol. The predicted molar refractivity (Wildman–Crippen MR) is 122 cm³/mol. The molecule has 1 atom stereocenters. The zero-order chi connectivity index (χ0) is 18.3. The fraction of sp³-hybridized carbons (Fsp3) is 0.950. The van der Waals surface area contributed by atoms with Crippen LogP contribution in [0.5, 0.6) is 0 Å². The maximum absolute atomic E-state index is 5.30. The molecule has 0 aromatic rings. The smallest absolute Gasteiger partial charge is 0.191 e. The molecule has 1 aliphatic heterocycles. The Kier molecular flexibility index (Phi) is 10.2. The number of hydrogen-bond donors (Lipinski definition) is 2. The Morgan fingerprint density at radius 1 is 1.27 bits per heavy atom. The van der Waals surface area contributed by atoms with Gasteiger partial charge in [-0.2, -0.15) is 0 Å². The number of likely N-dealkylation sites (tertiary alicyclic amines) is 1. The van der Waals surface area contributed by atoms with Crippen LogP contribution in [0.15, 0.2) is 4.99 Å². The van der Waals surface area contributed by atoms with E-state index in [-0.39, 0.29) is 29.5 Å². The van der Waals surface area contributed by atoms with Crippen LogP contribution in [0.2, 0.25) is 0 Å². The topological polar surface area (TPSA) is 48.9 Å². The number of nitrogens with zero attached hydrogens (tertiary/aromatic N) is 2. The molecule has 154 valence electrons. The zero-order valence-electron chi connectivity index (χ0n) is 17.6.